The molecule has 1 aromatic heterocycles. The predicted molar refractivity (Wildman–Crippen MR) is 123 cm³/mol. The molecule has 174 valence electrons. The first-order valence-corrected chi connectivity index (χ1v) is 13.1. The van der Waals surface area contributed by atoms with Gasteiger partial charge in [0, 0.05) is 19.1 Å². The molecule has 9 heteroatoms. The molecular weight excluding hydrogens is 428 g/mol. The molecule has 2 aromatic rings. The number of sulfonamides is 1. The molecule has 0 bridgehead atoms. The highest BCUT2D eigenvalue weighted by Gasteiger charge is 2.28. The van der Waals surface area contributed by atoms with Crippen LogP contribution in [0.5, 0.6) is 0 Å². The van der Waals surface area contributed by atoms with Crippen LogP contribution in [0.15, 0.2) is 34.2 Å². The highest BCUT2D eigenvalue weighted by atomic mass is 32.2. The van der Waals surface area contributed by atoms with Crippen LogP contribution in [-0.2, 0) is 21.4 Å². The van der Waals surface area contributed by atoms with Gasteiger partial charge in [0.2, 0.25) is 15.9 Å². The van der Waals surface area contributed by atoms with E-state index in [1.165, 1.54) is 40.2 Å². The van der Waals surface area contributed by atoms with Crippen LogP contribution < -0.4 is 10.9 Å². The Balaban J connectivity index is 1.55. The van der Waals surface area contributed by atoms with Gasteiger partial charge in [-0.2, -0.15) is 4.31 Å². The predicted octanol–water partition coefficient (Wildman–Crippen LogP) is 2.66. The standard InChI is InChI=1S/C23H32N4O4S/c1-17-10-12-27(13-11-17)32(30,31)19-8-9-21-20(14-19)23(29)26(16-24-21)15-22(28)25-18-6-4-2-3-5-7-18/h8-9,14,16-18H,2-7,10-13,15H2,1H3,(H,25,28). The molecule has 0 radical (unpaired) electrons. The van der Waals surface area contributed by atoms with Crippen molar-refractivity contribution in [1.82, 2.24) is 19.2 Å². The molecule has 1 aliphatic heterocycles. The van der Waals surface area contributed by atoms with E-state index in [1.54, 1.807) is 6.07 Å². The number of carbonyl (C=O) groups excluding carboxylic acids is 1. The molecule has 1 saturated heterocycles. The highest BCUT2D eigenvalue weighted by molar-refractivity contribution is 7.89. The summed E-state index contributed by atoms with van der Waals surface area (Å²) in [5, 5.41) is 3.25. The summed E-state index contributed by atoms with van der Waals surface area (Å²) in [6, 6.07) is 4.62. The molecule has 0 atom stereocenters. The van der Waals surface area contributed by atoms with E-state index >= 15 is 0 Å². The average molecular weight is 461 g/mol. The quantitative estimate of drug-likeness (QED) is 0.691. The van der Waals surface area contributed by atoms with Gasteiger partial charge < -0.3 is 5.32 Å². The Labute approximate surface area is 189 Å². The maximum absolute atomic E-state index is 13.1. The van der Waals surface area contributed by atoms with Crippen LogP contribution in [0.25, 0.3) is 10.9 Å². The minimum atomic E-state index is -3.67. The summed E-state index contributed by atoms with van der Waals surface area (Å²) < 4.78 is 28.9. The van der Waals surface area contributed by atoms with E-state index in [2.05, 4.69) is 17.2 Å². The molecule has 0 unspecified atom stereocenters. The molecule has 32 heavy (non-hydrogen) atoms. The third kappa shape index (κ3) is 5.04. The molecule has 2 heterocycles. The fraction of sp³-hybridized carbons (Fsp3) is 0.609. The molecular formula is C23H32N4O4S. The monoisotopic (exact) mass is 460 g/mol. The number of rotatable bonds is 5. The molecule has 0 spiro atoms. The second-order valence-corrected chi connectivity index (χ2v) is 11.1. The lowest BCUT2D eigenvalue weighted by molar-refractivity contribution is -0.122. The van der Waals surface area contributed by atoms with Gasteiger partial charge in [-0.25, -0.2) is 13.4 Å². The minimum absolute atomic E-state index is 0.0964. The molecule has 1 aromatic carbocycles. The van der Waals surface area contributed by atoms with Crippen molar-refractivity contribution in [3.8, 4) is 0 Å². The second kappa shape index (κ2) is 9.70. The van der Waals surface area contributed by atoms with E-state index in [4.69, 9.17) is 0 Å². The molecule has 1 N–H and O–H groups in total. The third-order valence-electron chi connectivity index (χ3n) is 6.71. The van der Waals surface area contributed by atoms with Gasteiger partial charge in [0.15, 0.2) is 0 Å². The number of nitrogens with one attached hydrogen (secondary N) is 1. The van der Waals surface area contributed by atoms with Gasteiger partial charge in [-0.1, -0.05) is 32.6 Å². The van der Waals surface area contributed by atoms with Crippen LogP contribution in [0.2, 0.25) is 0 Å². The van der Waals surface area contributed by atoms with Gasteiger partial charge in [0.25, 0.3) is 5.56 Å². The van der Waals surface area contributed by atoms with Crippen molar-refractivity contribution >= 4 is 26.8 Å². The molecule has 2 fully saturated rings. The number of hydrogen-bond acceptors (Lipinski definition) is 5. The summed E-state index contributed by atoms with van der Waals surface area (Å²) in [6.07, 6.45) is 9.56. The van der Waals surface area contributed by atoms with Gasteiger partial charge >= 0.3 is 0 Å². The van der Waals surface area contributed by atoms with Crippen LogP contribution in [0.3, 0.4) is 0 Å². The Hall–Kier alpha value is -2.26. The Morgan fingerprint density at radius 1 is 1.09 bits per heavy atom. The van der Waals surface area contributed by atoms with Crippen molar-refractivity contribution in [1.29, 1.82) is 0 Å². The van der Waals surface area contributed by atoms with E-state index in [1.807, 2.05) is 0 Å². The van der Waals surface area contributed by atoms with E-state index in [0.29, 0.717) is 24.5 Å². The van der Waals surface area contributed by atoms with E-state index < -0.39 is 15.6 Å². The molecule has 1 amide bonds. The van der Waals surface area contributed by atoms with Gasteiger partial charge in [-0.3, -0.25) is 14.2 Å². The van der Waals surface area contributed by atoms with Crippen LogP contribution in [0, 0.1) is 5.92 Å². The number of fused-ring (bicyclic) bond motifs is 1. The zero-order chi connectivity index (χ0) is 22.7. The minimum Gasteiger partial charge on any atom is -0.352 e. The Morgan fingerprint density at radius 2 is 1.78 bits per heavy atom. The molecule has 2 aliphatic rings. The molecule has 1 saturated carbocycles. The normalized spacial score (nSPS) is 19.7. The van der Waals surface area contributed by atoms with Crippen molar-refractivity contribution in [2.75, 3.05) is 13.1 Å². The Kier molecular flexibility index (Phi) is 6.95. The lowest BCUT2D eigenvalue weighted by Gasteiger charge is -2.29. The zero-order valence-electron chi connectivity index (χ0n) is 18.6. The fourth-order valence-corrected chi connectivity index (χ4v) is 6.13. The topological polar surface area (TPSA) is 101 Å². The fourth-order valence-electron chi connectivity index (χ4n) is 4.64. The van der Waals surface area contributed by atoms with Gasteiger partial charge in [0.05, 0.1) is 22.1 Å². The van der Waals surface area contributed by atoms with Gasteiger partial charge in [-0.05, 0) is 49.8 Å². The highest BCUT2D eigenvalue weighted by Crippen LogP contribution is 2.24. The SMILES string of the molecule is CC1CCN(S(=O)(=O)c2ccc3ncn(CC(=O)NC4CCCCCC4)c(=O)c3c2)CC1. The molecule has 4 rings (SSSR count). The van der Waals surface area contributed by atoms with Crippen LogP contribution >= 0.6 is 0 Å². The van der Waals surface area contributed by atoms with E-state index in [-0.39, 0.29) is 28.8 Å². The van der Waals surface area contributed by atoms with Crippen molar-refractivity contribution in [2.24, 2.45) is 5.92 Å². The summed E-state index contributed by atoms with van der Waals surface area (Å²) in [4.78, 5) is 30.0. The van der Waals surface area contributed by atoms with Crippen LogP contribution in [-0.4, -0.2) is 47.3 Å². The number of carbonyl (C=O) groups is 1. The van der Waals surface area contributed by atoms with Gasteiger partial charge in [0.1, 0.15) is 6.54 Å². The first-order valence-electron chi connectivity index (χ1n) is 11.6. The first kappa shape index (κ1) is 22.9. The number of hydrogen-bond donors (Lipinski definition) is 1. The van der Waals surface area contributed by atoms with E-state index in [9.17, 15) is 18.0 Å². The Bertz CT molecular complexity index is 1130. The Morgan fingerprint density at radius 3 is 2.47 bits per heavy atom. The zero-order valence-corrected chi connectivity index (χ0v) is 19.4. The number of amides is 1. The lowest BCUT2D eigenvalue weighted by atomic mass is 10.0. The van der Waals surface area contributed by atoms with Crippen LogP contribution in [0.4, 0.5) is 0 Å². The van der Waals surface area contributed by atoms with Crippen molar-refractivity contribution in [2.45, 2.75) is 75.8 Å². The summed E-state index contributed by atoms with van der Waals surface area (Å²) in [5.41, 5.74) is 0.0111. The number of aromatic nitrogens is 2. The second-order valence-electron chi connectivity index (χ2n) is 9.20. The lowest BCUT2D eigenvalue weighted by Crippen LogP contribution is -2.39. The van der Waals surface area contributed by atoms with Crippen molar-refractivity contribution < 1.29 is 13.2 Å². The maximum Gasteiger partial charge on any atom is 0.261 e. The smallest absolute Gasteiger partial charge is 0.261 e. The van der Waals surface area contributed by atoms with Crippen molar-refractivity contribution in [3.05, 3.63) is 34.9 Å². The summed E-state index contributed by atoms with van der Waals surface area (Å²) in [7, 11) is -3.67. The first-order chi connectivity index (χ1) is 15.3. The number of nitrogens with zero attached hydrogens (tertiary/aromatic N) is 3. The van der Waals surface area contributed by atoms with E-state index in [0.717, 1.165) is 38.5 Å². The molecule has 1 aliphatic carbocycles. The summed E-state index contributed by atoms with van der Waals surface area (Å²) in [5.74, 6) is 0.296. The third-order valence-corrected chi connectivity index (χ3v) is 8.60. The number of benzene rings is 1. The molecule has 8 nitrogen and oxygen atoms in total. The van der Waals surface area contributed by atoms with Crippen LogP contribution in [0.1, 0.15) is 58.3 Å². The largest absolute Gasteiger partial charge is 0.352 e. The maximum atomic E-state index is 13.1. The average Bonchev–Trinajstić information content (AvgIpc) is 3.04. The van der Waals surface area contributed by atoms with Gasteiger partial charge in [-0.15, -0.1) is 0 Å². The summed E-state index contributed by atoms with van der Waals surface area (Å²) >= 11 is 0. The summed E-state index contributed by atoms with van der Waals surface area (Å²) in [6.45, 7) is 2.97. The van der Waals surface area contributed by atoms with Crippen molar-refractivity contribution in [3.63, 3.8) is 0 Å². The number of piperidine rings is 1.